The van der Waals surface area contributed by atoms with Crippen molar-refractivity contribution in [2.24, 2.45) is 0 Å². The first-order chi connectivity index (χ1) is 18.3. The van der Waals surface area contributed by atoms with Crippen LogP contribution in [0.3, 0.4) is 0 Å². The average molecular weight is 533 g/mol. The number of ether oxygens (including phenoxy) is 3. The van der Waals surface area contributed by atoms with Gasteiger partial charge in [-0.15, -0.1) is 0 Å². The Hall–Kier alpha value is -4.43. The number of fused-ring (bicyclic) bond motifs is 1. The van der Waals surface area contributed by atoms with Crippen molar-refractivity contribution in [1.82, 2.24) is 4.98 Å². The Morgan fingerprint density at radius 1 is 0.947 bits per heavy atom. The second-order valence-electron chi connectivity index (χ2n) is 8.77. The molecular formula is C29H25ClN2O6. The van der Waals surface area contributed by atoms with E-state index in [1.807, 2.05) is 31.2 Å². The van der Waals surface area contributed by atoms with E-state index < -0.39 is 23.5 Å². The van der Waals surface area contributed by atoms with Crippen molar-refractivity contribution >= 4 is 45.6 Å². The van der Waals surface area contributed by atoms with Crippen LogP contribution in [0, 0.1) is 6.92 Å². The molecule has 2 heterocycles. The number of para-hydroxylation sites is 1. The number of H-pyrrole nitrogens is 1. The van der Waals surface area contributed by atoms with Crippen LogP contribution in [-0.2, 0) is 9.59 Å². The third-order valence-electron chi connectivity index (χ3n) is 6.72. The van der Waals surface area contributed by atoms with Gasteiger partial charge in [-0.05, 0) is 31.2 Å². The molecule has 1 amide bonds. The Morgan fingerprint density at radius 2 is 1.68 bits per heavy atom. The van der Waals surface area contributed by atoms with E-state index >= 15 is 0 Å². The highest BCUT2D eigenvalue weighted by molar-refractivity contribution is 6.52. The molecule has 8 nitrogen and oxygen atoms in total. The summed E-state index contributed by atoms with van der Waals surface area (Å²) in [5, 5.41) is 12.8. The zero-order valence-electron chi connectivity index (χ0n) is 21.2. The number of aromatic nitrogens is 1. The summed E-state index contributed by atoms with van der Waals surface area (Å²) >= 11 is 6.28. The number of hydrogen-bond acceptors (Lipinski definition) is 6. The zero-order chi connectivity index (χ0) is 27.1. The number of anilines is 1. The number of methoxy groups -OCH3 is 3. The maximum atomic E-state index is 13.7. The number of hydrogen-bond donors (Lipinski definition) is 2. The number of halogens is 1. The van der Waals surface area contributed by atoms with Crippen LogP contribution in [0.2, 0.25) is 5.02 Å². The molecule has 1 saturated heterocycles. The highest BCUT2D eigenvalue weighted by Gasteiger charge is 2.48. The summed E-state index contributed by atoms with van der Waals surface area (Å²) < 4.78 is 16.2. The minimum atomic E-state index is -0.954. The number of amides is 1. The molecule has 1 aliphatic rings. The maximum absolute atomic E-state index is 13.7. The lowest BCUT2D eigenvalue weighted by Crippen LogP contribution is -2.29. The Kier molecular flexibility index (Phi) is 6.50. The third-order valence-corrected chi connectivity index (χ3v) is 7.02. The molecule has 1 aliphatic heterocycles. The second kappa shape index (κ2) is 9.79. The smallest absolute Gasteiger partial charge is 0.300 e. The number of rotatable bonds is 6. The third kappa shape index (κ3) is 3.94. The van der Waals surface area contributed by atoms with Crippen molar-refractivity contribution in [3.05, 3.63) is 88.1 Å². The summed E-state index contributed by atoms with van der Waals surface area (Å²) in [4.78, 5) is 32.0. The molecule has 2 N–H and O–H groups in total. The Morgan fingerprint density at radius 3 is 2.39 bits per heavy atom. The van der Waals surface area contributed by atoms with Crippen LogP contribution in [-0.4, -0.2) is 43.1 Å². The molecule has 0 aliphatic carbocycles. The van der Waals surface area contributed by atoms with E-state index in [0.29, 0.717) is 17.0 Å². The number of carbonyl (C=O) groups excluding carboxylic acids is 2. The van der Waals surface area contributed by atoms with Crippen molar-refractivity contribution in [1.29, 1.82) is 0 Å². The van der Waals surface area contributed by atoms with E-state index in [9.17, 15) is 14.7 Å². The van der Waals surface area contributed by atoms with Crippen molar-refractivity contribution in [2.75, 3.05) is 26.2 Å². The maximum Gasteiger partial charge on any atom is 0.300 e. The fraction of sp³-hybridized carbons (Fsp3) is 0.172. The van der Waals surface area contributed by atoms with Gasteiger partial charge in [-0.1, -0.05) is 35.9 Å². The van der Waals surface area contributed by atoms with Crippen LogP contribution in [0.4, 0.5) is 5.69 Å². The lowest BCUT2D eigenvalue weighted by Gasteiger charge is -2.26. The average Bonchev–Trinajstić information content (AvgIpc) is 3.39. The molecule has 9 heteroatoms. The quantitative estimate of drug-likeness (QED) is 0.185. The van der Waals surface area contributed by atoms with Gasteiger partial charge in [0.25, 0.3) is 11.7 Å². The highest BCUT2D eigenvalue weighted by atomic mass is 35.5. The van der Waals surface area contributed by atoms with Crippen molar-refractivity contribution in [3.8, 4) is 17.2 Å². The lowest BCUT2D eigenvalue weighted by molar-refractivity contribution is -0.132. The number of aliphatic hydroxyl groups excluding tert-OH is 1. The van der Waals surface area contributed by atoms with Crippen LogP contribution >= 0.6 is 11.6 Å². The summed E-state index contributed by atoms with van der Waals surface area (Å²) in [6.45, 7) is 1.87. The van der Waals surface area contributed by atoms with E-state index in [2.05, 4.69) is 4.98 Å². The molecule has 0 bridgehead atoms. The van der Waals surface area contributed by atoms with E-state index in [4.69, 9.17) is 25.8 Å². The molecule has 0 spiro atoms. The van der Waals surface area contributed by atoms with Crippen molar-refractivity contribution < 1.29 is 28.9 Å². The number of aryl methyl sites for hydroxylation is 1. The van der Waals surface area contributed by atoms with Crippen LogP contribution in [0.25, 0.3) is 16.7 Å². The number of aromatic amines is 1. The lowest BCUT2D eigenvalue weighted by atomic mass is 9.93. The van der Waals surface area contributed by atoms with Gasteiger partial charge < -0.3 is 24.3 Å². The van der Waals surface area contributed by atoms with Gasteiger partial charge in [0, 0.05) is 40.0 Å². The van der Waals surface area contributed by atoms with Crippen LogP contribution in [0.5, 0.6) is 17.2 Å². The number of carbonyl (C=O) groups is 2. The molecule has 0 saturated carbocycles. The predicted octanol–water partition coefficient (Wildman–Crippen LogP) is 5.78. The van der Waals surface area contributed by atoms with Gasteiger partial charge in [-0.3, -0.25) is 14.5 Å². The van der Waals surface area contributed by atoms with Gasteiger partial charge in [0.15, 0.2) is 0 Å². The first kappa shape index (κ1) is 25.2. The largest absolute Gasteiger partial charge is 0.507 e. The zero-order valence-corrected chi connectivity index (χ0v) is 21.9. The minimum absolute atomic E-state index is 0.0895. The predicted molar refractivity (Wildman–Crippen MR) is 145 cm³/mol. The topological polar surface area (TPSA) is 101 Å². The van der Waals surface area contributed by atoms with Gasteiger partial charge in [0.2, 0.25) is 0 Å². The van der Waals surface area contributed by atoms with Crippen molar-refractivity contribution in [2.45, 2.75) is 13.0 Å². The molecule has 194 valence electrons. The molecule has 0 radical (unpaired) electrons. The normalized spacial score (nSPS) is 16.8. The van der Waals surface area contributed by atoms with Gasteiger partial charge >= 0.3 is 0 Å². The summed E-state index contributed by atoms with van der Waals surface area (Å²) in [5.41, 5.74) is 2.79. The van der Waals surface area contributed by atoms with Gasteiger partial charge in [-0.25, -0.2) is 0 Å². The van der Waals surface area contributed by atoms with Crippen LogP contribution in [0.15, 0.2) is 66.2 Å². The fourth-order valence-corrected chi connectivity index (χ4v) is 5.20. The molecular weight excluding hydrogens is 508 g/mol. The second-order valence-corrected chi connectivity index (χ2v) is 9.17. The molecule has 38 heavy (non-hydrogen) atoms. The molecule has 4 aromatic rings. The van der Waals surface area contributed by atoms with Crippen molar-refractivity contribution in [3.63, 3.8) is 0 Å². The molecule has 1 unspecified atom stereocenters. The van der Waals surface area contributed by atoms with Gasteiger partial charge in [0.1, 0.15) is 23.0 Å². The van der Waals surface area contributed by atoms with Crippen LogP contribution < -0.4 is 19.1 Å². The molecule has 3 aromatic carbocycles. The Labute approximate surface area is 224 Å². The fourth-order valence-electron chi connectivity index (χ4n) is 4.97. The number of nitrogens with zero attached hydrogens (tertiary/aromatic N) is 1. The summed E-state index contributed by atoms with van der Waals surface area (Å²) in [5.74, 6) is -1.02. The number of aliphatic hydroxyl groups is 1. The van der Waals surface area contributed by atoms with Gasteiger partial charge in [-0.2, -0.15) is 0 Å². The van der Waals surface area contributed by atoms with E-state index in [0.717, 1.165) is 16.6 Å². The summed E-state index contributed by atoms with van der Waals surface area (Å²) in [6.07, 6.45) is 0. The monoisotopic (exact) mass is 532 g/mol. The van der Waals surface area contributed by atoms with E-state index in [1.165, 1.54) is 38.4 Å². The Balaban J connectivity index is 1.84. The Bertz CT molecular complexity index is 1620. The molecule has 1 atom stereocenters. The standard InChI is InChI=1S/C29H25ClN2O6/c1-15-24(18-10-5-6-11-21(18)31-15)26-25(27(33)19-13-23(38-4)20(30)14-22(19)37-3)28(34)29(35)32(26)16-8-7-9-17(12-16)36-2/h5-14,26,31,33H,1-4H3/b27-25+. The minimum Gasteiger partial charge on any atom is -0.507 e. The van der Waals surface area contributed by atoms with Gasteiger partial charge in [0.05, 0.1) is 43.5 Å². The SMILES string of the molecule is COc1cccc(N2C(=O)C(=O)/C(=C(/O)c3cc(OC)c(Cl)cc3OC)C2c2c(C)[nH]c3ccccc23)c1. The molecule has 1 fully saturated rings. The van der Waals surface area contributed by atoms with Crippen LogP contribution in [0.1, 0.15) is 22.9 Å². The first-order valence-corrected chi connectivity index (χ1v) is 12.1. The van der Waals surface area contributed by atoms with E-state index in [1.54, 1.807) is 24.3 Å². The number of ketones is 1. The molecule has 1 aromatic heterocycles. The number of nitrogens with one attached hydrogen (secondary N) is 1. The van der Waals surface area contributed by atoms with E-state index in [-0.39, 0.29) is 27.7 Å². The summed E-state index contributed by atoms with van der Waals surface area (Å²) in [6, 6.07) is 16.5. The molecule has 5 rings (SSSR count). The number of benzene rings is 3. The summed E-state index contributed by atoms with van der Waals surface area (Å²) in [7, 11) is 4.38. The first-order valence-electron chi connectivity index (χ1n) is 11.7. The number of Topliss-reactive ketones (excluding diaryl/α,β-unsaturated/α-hetero) is 1. The highest BCUT2D eigenvalue weighted by Crippen LogP contribution is 2.47.